The van der Waals surface area contributed by atoms with Crippen molar-refractivity contribution in [2.75, 3.05) is 18.2 Å². The number of alkyl halides is 3. The lowest BCUT2D eigenvalue weighted by Gasteiger charge is -2.09. The number of halogens is 3. The van der Waals surface area contributed by atoms with E-state index in [-0.39, 0.29) is 28.9 Å². The molecule has 158 valence electrons. The van der Waals surface area contributed by atoms with Gasteiger partial charge in [0, 0.05) is 23.9 Å². The van der Waals surface area contributed by atoms with Crippen molar-refractivity contribution in [1.82, 2.24) is 9.97 Å². The van der Waals surface area contributed by atoms with Crippen LogP contribution in [0, 0.1) is 0 Å². The van der Waals surface area contributed by atoms with Gasteiger partial charge in [0.2, 0.25) is 5.91 Å². The fraction of sp³-hybridized carbons (Fsp3) is 0.250. The van der Waals surface area contributed by atoms with E-state index in [2.05, 4.69) is 15.3 Å². The summed E-state index contributed by atoms with van der Waals surface area (Å²) in [6, 6.07) is 10.9. The predicted molar refractivity (Wildman–Crippen MR) is 106 cm³/mol. The first-order chi connectivity index (χ1) is 14.3. The van der Waals surface area contributed by atoms with E-state index in [1.165, 1.54) is 19.4 Å². The molecule has 1 N–H and O–H groups in total. The standard InChI is InChI=1S/C20H18F3N3O3S/c1-28-14-6-2-5-13(11-14)24-18(27)8-4-10-30-19-25-15(16-7-3-9-29-16)12-17(26-19)20(21,22)23/h2-3,5-7,9,11-12H,4,8,10H2,1H3,(H,24,27). The number of carbonyl (C=O) groups is 1. The summed E-state index contributed by atoms with van der Waals surface area (Å²) in [5.41, 5.74) is -0.376. The van der Waals surface area contributed by atoms with Crippen molar-refractivity contribution in [3.8, 4) is 17.2 Å². The van der Waals surface area contributed by atoms with E-state index in [1.807, 2.05) is 0 Å². The molecule has 2 aromatic heterocycles. The maximum Gasteiger partial charge on any atom is 0.433 e. The third kappa shape index (κ3) is 5.99. The van der Waals surface area contributed by atoms with Crippen LogP contribution in [0.4, 0.5) is 18.9 Å². The number of hydrogen-bond acceptors (Lipinski definition) is 6. The van der Waals surface area contributed by atoms with Crippen LogP contribution in [-0.4, -0.2) is 28.7 Å². The van der Waals surface area contributed by atoms with Crippen molar-refractivity contribution in [3.63, 3.8) is 0 Å². The number of nitrogens with one attached hydrogen (secondary N) is 1. The maximum atomic E-state index is 13.2. The van der Waals surface area contributed by atoms with Crippen molar-refractivity contribution in [3.05, 3.63) is 54.4 Å². The fourth-order valence-corrected chi connectivity index (χ4v) is 3.30. The largest absolute Gasteiger partial charge is 0.497 e. The summed E-state index contributed by atoms with van der Waals surface area (Å²) in [7, 11) is 1.53. The SMILES string of the molecule is COc1cccc(NC(=O)CCCSc2nc(-c3ccco3)cc(C(F)(F)F)n2)c1. The molecule has 0 aliphatic carbocycles. The first-order valence-corrected chi connectivity index (χ1v) is 9.90. The molecule has 0 unspecified atom stereocenters. The lowest BCUT2D eigenvalue weighted by Crippen LogP contribution is -2.12. The highest BCUT2D eigenvalue weighted by molar-refractivity contribution is 7.99. The summed E-state index contributed by atoms with van der Waals surface area (Å²) in [6.45, 7) is 0. The van der Waals surface area contributed by atoms with E-state index in [0.717, 1.165) is 17.8 Å². The highest BCUT2D eigenvalue weighted by atomic mass is 32.2. The molecule has 3 aromatic rings. The van der Waals surface area contributed by atoms with E-state index in [0.29, 0.717) is 23.6 Å². The molecule has 0 saturated heterocycles. The molecule has 0 aliphatic rings. The van der Waals surface area contributed by atoms with Gasteiger partial charge in [0.25, 0.3) is 0 Å². The molecule has 0 aliphatic heterocycles. The Morgan fingerprint density at radius 2 is 2.03 bits per heavy atom. The normalized spacial score (nSPS) is 11.3. The van der Waals surface area contributed by atoms with Crippen molar-refractivity contribution < 1.29 is 27.1 Å². The van der Waals surface area contributed by atoms with Gasteiger partial charge in [-0.05, 0) is 36.8 Å². The van der Waals surface area contributed by atoms with Gasteiger partial charge in [-0.25, -0.2) is 9.97 Å². The Bertz CT molecular complexity index is 994. The van der Waals surface area contributed by atoms with E-state index in [4.69, 9.17) is 9.15 Å². The van der Waals surface area contributed by atoms with Crippen LogP contribution in [0.5, 0.6) is 5.75 Å². The Morgan fingerprint density at radius 1 is 1.20 bits per heavy atom. The Balaban J connectivity index is 1.57. The lowest BCUT2D eigenvalue weighted by atomic mass is 10.2. The molecular formula is C20H18F3N3O3S. The highest BCUT2D eigenvalue weighted by Crippen LogP contribution is 2.32. The summed E-state index contributed by atoms with van der Waals surface area (Å²) < 4.78 is 49.7. The van der Waals surface area contributed by atoms with Gasteiger partial charge in [0.1, 0.15) is 17.1 Å². The monoisotopic (exact) mass is 437 g/mol. The van der Waals surface area contributed by atoms with Crippen molar-refractivity contribution in [2.45, 2.75) is 24.2 Å². The van der Waals surface area contributed by atoms with Crippen LogP contribution in [0.15, 0.2) is 58.3 Å². The minimum absolute atomic E-state index is 0.0237. The van der Waals surface area contributed by atoms with Gasteiger partial charge in [-0.1, -0.05) is 17.8 Å². The predicted octanol–water partition coefficient (Wildman–Crippen LogP) is 5.28. The van der Waals surface area contributed by atoms with Gasteiger partial charge in [-0.15, -0.1) is 0 Å². The van der Waals surface area contributed by atoms with Gasteiger partial charge < -0.3 is 14.5 Å². The first-order valence-electron chi connectivity index (χ1n) is 8.92. The zero-order valence-corrected chi connectivity index (χ0v) is 16.7. The molecule has 0 radical (unpaired) electrons. The molecule has 0 spiro atoms. The molecule has 1 aromatic carbocycles. The van der Waals surface area contributed by atoms with Gasteiger partial charge in [-0.3, -0.25) is 4.79 Å². The van der Waals surface area contributed by atoms with Gasteiger partial charge in [0.05, 0.1) is 13.4 Å². The molecule has 10 heteroatoms. The number of nitrogens with zero attached hydrogens (tertiary/aromatic N) is 2. The maximum absolute atomic E-state index is 13.2. The number of furan rings is 1. The number of anilines is 1. The zero-order chi connectivity index (χ0) is 21.6. The minimum Gasteiger partial charge on any atom is -0.497 e. The van der Waals surface area contributed by atoms with Crippen molar-refractivity contribution in [1.29, 1.82) is 0 Å². The third-order valence-electron chi connectivity index (χ3n) is 3.90. The van der Waals surface area contributed by atoms with Gasteiger partial charge >= 0.3 is 6.18 Å². The molecule has 30 heavy (non-hydrogen) atoms. The van der Waals surface area contributed by atoms with E-state index < -0.39 is 11.9 Å². The number of carbonyl (C=O) groups excluding carboxylic acids is 1. The zero-order valence-electron chi connectivity index (χ0n) is 15.9. The van der Waals surface area contributed by atoms with Crippen LogP contribution in [-0.2, 0) is 11.0 Å². The Kier molecular flexibility index (Phi) is 6.99. The number of rotatable bonds is 8. The second-order valence-electron chi connectivity index (χ2n) is 6.13. The summed E-state index contributed by atoms with van der Waals surface area (Å²) in [5.74, 6) is 1.02. The molecule has 6 nitrogen and oxygen atoms in total. The molecule has 0 bridgehead atoms. The topological polar surface area (TPSA) is 77.2 Å². The Labute approximate surface area is 174 Å². The highest BCUT2D eigenvalue weighted by Gasteiger charge is 2.34. The van der Waals surface area contributed by atoms with E-state index in [9.17, 15) is 18.0 Å². The number of amides is 1. The summed E-state index contributed by atoms with van der Waals surface area (Å²) >= 11 is 1.05. The fourth-order valence-electron chi connectivity index (χ4n) is 2.51. The van der Waals surface area contributed by atoms with Crippen LogP contribution in [0.25, 0.3) is 11.5 Å². The third-order valence-corrected chi connectivity index (χ3v) is 4.84. The number of thioether (sulfide) groups is 1. The molecule has 2 heterocycles. The molecule has 0 saturated carbocycles. The Hall–Kier alpha value is -3.01. The second-order valence-corrected chi connectivity index (χ2v) is 7.19. The quantitative estimate of drug-likeness (QED) is 0.294. The van der Waals surface area contributed by atoms with Crippen molar-refractivity contribution >= 4 is 23.4 Å². The van der Waals surface area contributed by atoms with Gasteiger partial charge in [-0.2, -0.15) is 13.2 Å². The number of hydrogen-bond donors (Lipinski definition) is 1. The van der Waals surface area contributed by atoms with Crippen molar-refractivity contribution in [2.24, 2.45) is 0 Å². The molecule has 0 atom stereocenters. The number of ether oxygens (including phenoxy) is 1. The number of methoxy groups -OCH3 is 1. The molecular weight excluding hydrogens is 419 g/mol. The number of benzene rings is 1. The van der Waals surface area contributed by atoms with Gasteiger partial charge in [0.15, 0.2) is 10.9 Å². The van der Waals surface area contributed by atoms with Crippen LogP contribution in [0.2, 0.25) is 0 Å². The van der Waals surface area contributed by atoms with Crippen LogP contribution in [0.1, 0.15) is 18.5 Å². The van der Waals surface area contributed by atoms with Crippen LogP contribution in [0.3, 0.4) is 0 Å². The summed E-state index contributed by atoms with van der Waals surface area (Å²) in [6.07, 6.45) is -2.60. The Morgan fingerprint density at radius 3 is 2.73 bits per heavy atom. The van der Waals surface area contributed by atoms with Crippen LogP contribution < -0.4 is 10.1 Å². The van der Waals surface area contributed by atoms with Crippen LogP contribution >= 0.6 is 11.8 Å². The second kappa shape index (κ2) is 9.66. The molecule has 1 amide bonds. The molecule has 3 rings (SSSR count). The molecule has 0 fully saturated rings. The number of aromatic nitrogens is 2. The average molecular weight is 437 g/mol. The summed E-state index contributed by atoms with van der Waals surface area (Å²) in [5, 5.41) is 2.73. The summed E-state index contributed by atoms with van der Waals surface area (Å²) in [4.78, 5) is 19.8. The van der Waals surface area contributed by atoms with E-state index in [1.54, 1.807) is 30.3 Å². The average Bonchev–Trinajstić information content (AvgIpc) is 3.25. The van der Waals surface area contributed by atoms with E-state index >= 15 is 0 Å². The first kappa shape index (κ1) is 21.7. The smallest absolute Gasteiger partial charge is 0.433 e. The lowest BCUT2D eigenvalue weighted by molar-refractivity contribution is -0.141. The minimum atomic E-state index is -4.60.